The molecule has 170 valence electrons. The topological polar surface area (TPSA) is 90.5 Å². The van der Waals surface area contributed by atoms with E-state index in [4.69, 9.17) is 4.74 Å². The van der Waals surface area contributed by atoms with Gasteiger partial charge in [0.05, 0.1) is 24.7 Å². The summed E-state index contributed by atoms with van der Waals surface area (Å²) in [6.45, 7) is 6.33. The summed E-state index contributed by atoms with van der Waals surface area (Å²) in [5.41, 5.74) is 0.466. The maximum atomic E-state index is 12.9. The summed E-state index contributed by atoms with van der Waals surface area (Å²) < 4.78 is 32.1. The largest absolute Gasteiger partial charge is 0.379 e. The fourth-order valence-electron chi connectivity index (χ4n) is 4.24. The molecule has 3 aliphatic heterocycles. The molecule has 3 fully saturated rings. The summed E-state index contributed by atoms with van der Waals surface area (Å²) in [6, 6.07) is 6.20. The van der Waals surface area contributed by atoms with Gasteiger partial charge in [0.1, 0.15) is 0 Å². The van der Waals surface area contributed by atoms with Crippen molar-refractivity contribution < 1.29 is 22.7 Å². The molecule has 1 aromatic rings. The summed E-state index contributed by atoms with van der Waals surface area (Å²) in [7, 11) is -3.48. The van der Waals surface area contributed by atoms with Crippen LogP contribution >= 0.6 is 0 Å². The van der Waals surface area contributed by atoms with Gasteiger partial charge in [-0.3, -0.25) is 14.5 Å². The molecule has 3 aliphatic rings. The van der Waals surface area contributed by atoms with Gasteiger partial charge in [-0.25, -0.2) is 8.42 Å². The number of rotatable bonds is 5. The minimum Gasteiger partial charge on any atom is -0.379 e. The SMILES string of the molecule is O=C(CN1CCOCC1)N1CCN(C(=O)c2ccc(S(=O)(=O)N3CCCC3)cc2)CC1. The molecule has 1 aromatic carbocycles. The molecular formula is C21H30N4O5S. The minimum atomic E-state index is -3.48. The van der Waals surface area contributed by atoms with E-state index in [0.717, 1.165) is 25.9 Å². The lowest BCUT2D eigenvalue weighted by atomic mass is 10.2. The van der Waals surface area contributed by atoms with Gasteiger partial charge in [-0.2, -0.15) is 4.31 Å². The number of hydrogen-bond acceptors (Lipinski definition) is 6. The van der Waals surface area contributed by atoms with Crippen molar-refractivity contribution in [2.45, 2.75) is 17.7 Å². The van der Waals surface area contributed by atoms with Gasteiger partial charge in [-0.1, -0.05) is 0 Å². The predicted molar refractivity (Wildman–Crippen MR) is 114 cm³/mol. The van der Waals surface area contributed by atoms with Crippen LogP contribution in [0.1, 0.15) is 23.2 Å². The Labute approximate surface area is 183 Å². The third-order valence-corrected chi connectivity index (χ3v) is 8.10. The summed E-state index contributed by atoms with van der Waals surface area (Å²) in [5, 5.41) is 0. The summed E-state index contributed by atoms with van der Waals surface area (Å²) in [5.74, 6) is -0.0455. The number of carbonyl (C=O) groups is 2. The highest BCUT2D eigenvalue weighted by atomic mass is 32.2. The first kappa shape index (κ1) is 22.2. The van der Waals surface area contributed by atoms with Crippen molar-refractivity contribution in [3.05, 3.63) is 29.8 Å². The standard InChI is InChI=1S/C21H30N4O5S/c26-20(17-22-13-15-30-16-14-22)23-9-11-24(12-10-23)21(27)18-3-5-19(6-4-18)31(28,29)25-7-1-2-8-25/h3-6H,1-2,7-17H2. The Morgan fingerprint density at radius 1 is 0.806 bits per heavy atom. The molecule has 4 rings (SSSR count). The number of piperazine rings is 1. The highest BCUT2D eigenvalue weighted by Crippen LogP contribution is 2.21. The smallest absolute Gasteiger partial charge is 0.253 e. The van der Waals surface area contributed by atoms with Crippen LogP contribution in [0.15, 0.2) is 29.2 Å². The first-order valence-electron chi connectivity index (χ1n) is 10.9. The number of nitrogens with zero attached hydrogens (tertiary/aromatic N) is 4. The maximum Gasteiger partial charge on any atom is 0.253 e. The Morgan fingerprint density at radius 3 is 2.00 bits per heavy atom. The molecule has 0 atom stereocenters. The molecule has 10 heteroatoms. The van der Waals surface area contributed by atoms with E-state index in [1.54, 1.807) is 17.0 Å². The molecule has 3 saturated heterocycles. The Hall–Kier alpha value is -2.01. The molecule has 0 aliphatic carbocycles. The van der Waals surface area contributed by atoms with Gasteiger partial charge in [0.25, 0.3) is 5.91 Å². The first-order chi connectivity index (χ1) is 14.9. The maximum absolute atomic E-state index is 12.9. The first-order valence-corrected chi connectivity index (χ1v) is 12.4. The third-order valence-electron chi connectivity index (χ3n) is 6.19. The van der Waals surface area contributed by atoms with Crippen molar-refractivity contribution in [1.82, 2.24) is 19.0 Å². The van der Waals surface area contributed by atoms with Gasteiger partial charge in [0, 0.05) is 57.9 Å². The Kier molecular flexibility index (Phi) is 6.90. The molecule has 0 radical (unpaired) electrons. The zero-order valence-corrected chi connectivity index (χ0v) is 18.6. The van der Waals surface area contributed by atoms with Crippen LogP contribution in [0.3, 0.4) is 0 Å². The second-order valence-electron chi connectivity index (χ2n) is 8.20. The number of hydrogen-bond donors (Lipinski definition) is 0. The van der Waals surface area contributed by atoms with Crippen molar-refractivity contribution in [3.8, 4) is 0 Å². The molecular weight excluding hydrogens is 420 g/mol. The number of sulfonamides is 1. The molecule has 0 bridgehead atoms. The molecule has 0 N–H and O–H groups in total. The van der Waals surface area contributed by atoms with Crippen molar-refractivity contribution in [3.63, 3.8) is 0 Å². The van der Waals surface area contributed by atoms with Crippen LogP contribution in [-0.4, -0.2) is 111 Å². The second-order valence-corrected chi connectivity index (χ2v) is 10.1. The zero-order chi connectivity index (χ0) is 21.8. The summed E-state index contributed by atoms with van der Waals surface area (Å²) in [4.78, 5) is 31.2. The zero-order valence-electron chi connectivity index (χ0n) is 17.7. The Balaban J connectivity index is 1.30. The molecule has 9 nitrogen and oxygen atoms in total. The van der Waals surface area contributed by atoms with Crippen LogP contribution < -0.4 is 0 Å². The van der Waals surface area contributed by atoms with Gasteiger partial charge >= 0.3 is 0 Å². The lowest BCUT2D eigenvalue weighted by molar-refractivity contribution is -0.134. The molecule has 31 heavy (non-hydrogen) atoms. The van der Waals surface area contributed by atoms with E-state index in [-0.39, 0.29) is 16.7 Å². The van der Waals surface area contributed by atoms with E-state index in [1.807, 2.05) is 4.90 Å². The summed E-state index contributed by atoms with van der Waals surface area (Å²) in [6.07, 6.45) is 1.77. The number of amides is 2. The third kappa shape index (κ3) is 5.08. The van der Waals surface area contributed by atoms with Gasteiger partial charge < -0.3 is 14.5 Å². The highest BCUT2D eigenvalue weighted by Gasteiger charge is 2.29. The number of ether oxygens (including phenoxy) is 1. The summed E-state index contributed by atoms with van der Waals surface area (Å²) >= 11 is 0. The molecule has 0 aromatic heterocycles. The molecule has 0 saturated carbocycles. The van der Waals surface area contributed by atoms with E-state index < -0.39 is 10.0 Å². The van der Waals surface area contributed by atoms with Crippen molar-refractivity contribution in [2.75, 3.05) is 72.1 Å². The molecule has 0 spiro atoms. The van der Waals surface area contributed by atoms with E-state index >= 15 is 0 Å². The van der Waals surface area contributed by atoms with Crippen LogP contribution in [0.5, 0.6) is 0 Å². The van der Waals surface area contributed by atoms with E-state index in [2.05, 4.69) is 4.90 Å². The monoisotopic (exact) mass is 450 g/mol. The average Bonchev–Trinajstić information content (AvgIpc) is 3.35. The van der Waals surface area contributed by atoms with E-state index in [1.165, 1.54) is 16.4 Å². The normalized spacial score (nSPS) is 21.4. The van der Waals surface area contributed by atoms with Gasteiger partial charge in [-0.05, 0) is 37.1 Å². The van der Waals surface area contributed by atoms with Crippen molar-refractivity contribution in [2.24, 2.45) is 0 Å². The fourth-order valence-corrected chi connectivity index (χ4v) is 5.76. The van der Waals surface area contributed by atoms with Crippen LogP contribution in [0.4, 0.5) is 0 Å². The van der Waals surface area contributed by atoms with Crippen LogP contribution in [0.2, 0.25) is 0 Å². The Bertz CT molecular complexity index is 885. The van der Waals surface area contributed by atoms with Crippen molar-refractivity contribution >= 4 is 21.8 Å². The number of morpholine rings is 1. The Morgan fingerprint density at radius 2 is 1.39 bits per heavy atom. The van der Waals surface area contributed by atoms with E-state index in [0.29, 0.717) is 64.6 Å². The highest BCUT2D eigenvalue weighted by molar-refractivity contribution is 7.89. The molecule has 2 amide bonds. The lowest BCUT2D eigenvalue weighted by Crippen LogP contribution is -2.53. The predicted octanol–water partition coefficient (Wildman–Crippen LogP) is 0.0877. The second kappa shape index (κ2) is 9.64. The number of carbonyl (C=O) groups excluding carboxylic acids is 2. The van der Waals surface area contributed by atoms with Crippen LogP contribution in [0, 0.1) is 0 Å². The minimum absolute atomic E-state index is 0.0884. The van der Waals surface area contributed by atoms with Crippen LogP contribution in [-0.2, 0) is 19.6 Å². The van der Waals surface area contributed by atoms with Gasteiger partial charge in [0.15, 0.2) is 0 Å². The average molecular weight is 451 g/mol. The molecule has 3 heterocycles. The van der Waals surface area contributed by atoms with E-state index in [9.17, 15) is 18.0 Å². The van der Waals surface area contributed by atoms with Gasteiger partial charge in [0.2, 0.25) is 15.9 Å². The van der Waals surface area contributed by atoms with Crippen molar-refractivity contribution in [1.29, 1.82) is 0 Å². The quantitative estimate of drug-likeness (QED) is 0.632. The lowest BCUT2D eigenvalue weighted by Gasteiger charge is -2.36. The van der Waals surface area contributed by atoms with Crippen LogP contribution in [0.25, 0.3) is 0 Å². The molecule has 0 unspecified atom stereocenters. The van der Waals surface area contributed by atoms with Gasteiger partial charge in [-0.15, -0.1) is 0 Å². The number of benzene rings is 1. The fraction of sp³-hybridized carbons (Fsp3) is 0.619.